The van der Waals surface area contributed by atoms with Crippen molar-refractivity contribution in [3.8, 4) is 0 Å². The van der Waals surface area contributed by atoms with Gasteiger partial charge >= 0.3 is 0 Å². The molecule has 0 unspecified atom stereocenters. The summed E-state index contributed by atoms with van der Waals surface area (Å²) in [6.07, 6.45) is 4.55. The van der Waals surface area contributed by atoms with Gasteiger partial charge in [0.25, 0.3) is 0 Å². The molecular formula is C12H11ClN2S. The van der Waals surface area contributed by atoms with Gasteiger partial charge in [-0.05, 0) is 24.1 Å². The predicted molar refractivity (Wildman–Crippen MR) is 70.2 cm³/mol. The van der Waals surface area contributed by atoms with Crippen molar-refractivity contribution in [3.63, 3.8) is 0 Å². The van der Waals surface area contributed by atoms with Crippen LogP contribution < -0.4 is 0 Å². The van der Waals surface area contributed by atoms with Crippen molar-refractivity contribution >= 4 is 34.8 Å². The van der Waals surface area contributed by atoms with E-state index < -0.39 is 0 Å². The Morgan fingerprint density at radius 3 is 2.69 bits per heavy atom. The number of aliphatic imine (C=N–C) groups is 1. The Morgan fingerprint density at radius 1 is 1.38 bits per heavy atom. The molecule has 0 fully saturated rings. The molecule has 0 aliphatic rings. The third-order valence-corrected chi connectivity index (χ3v) is 3.23. The van der Waals surface area contributed by atoms with Crippen molar-refractivity contribution in [3.05, 3.63) is 45.4 Å². The quantitative estimate of drug-likeness (QED) is 0.753. The van der Waals surface area contributed by atoms with Crippen LogP contribution >= 0.6 is 22.9 Å². The number of aromatic nitrogens is 1. The standard InChI is InChI=1S/C12H11ClN2S/c1-2-9-3-5-10(6-4-9)14-7-11-8-15-12(13)16-11/h3-8H,2H2,1H3. The van der Waals surface area contributed by atoms with Gasteiger partial charge < -0.3 is 0 Å². The topological polar surface area (TPSA) is 25.2 Å². The highest BCUT2D eigenvalue weighted by Gasteiger charge is 1.95. The van der Waals surface area contributed by atoms with E-state index in [-0.39, 0.29) is 0 Å². The Kier molecular flexibility index (Phi) is 3.70. The molecule has 0 N–H and O–H groups in total. The molecule has 0 saturated heterocycles. The maximum absolute atomic E-state index is 5.73. The number of hydrogen-bond donors (Lipinski definition) is 0. The van der Waals surface area contributed by atoms with Crippen molar-refractivity contribution in [1.29, 1.82) is 0 Å². The molecule has 1 aromatic heterocycles. The molecule has 82 valence electrons. The van der Waals surface area contributed by atoms with Crippen LogP contribution in [0.1, 0.15) is 17.4 Å². The van der Waals surface area contributed by atoms with Gasteiger partial charge in [0.05, 0.1) is 10.6 Å². The fraction of sp³-hybridized carbons (Fsp3) is 0.167. The van der Waals surface area contributed by atoms with E-state index in [0.717, 1.165) is 17.0 Å². The van der Waals surface area contributed by atoms with Crippen molar-refractivity contribution < 1.29 is 0 Å². The molecule has 2 rings (SSSR count). The summed E-state index contributed by atoms with van der Waals surface area (Å²) < 4.78 is 0.544. The SMILES string of the molecule is CCc1ccc(N=Cc2cnc(Cl)s2)cc1. The number of nitrogens with zero attached hydrogens (tertiary/aromatic N) is 2. The maximum atomic E-state index is 5.73. The van der Waals surface area contributed by atoms with Gasteiger partial charge in [0.15, 0.2) is 4.47 Å². The van der Waals surface area contributed by atoms with Crippen molar-refractivity contribution in [2.24, 2.45) is 4.99 Å². The van der Waals surface area contributed by atoms with Crippen LogP contribution in [0.5, 0.6) is 0 Å². The molecule has 0 spiro atoms. The number of hydrogen-bond acceptors (Lipinski definition) is 3. The Hall–Kier alpha value is -1.19. The van der Waals surface area contributed by atoms with E-state index in [1.165, 1.54) is 16.9 Å². The summed E-state index contributed by atoms with van der Waals surface area (Å²) in [5.41, 5.74) is 2.27. The number of rotatable bonds is 3. The van der Waals surface area contributed by atoms with E-state index >= 15 is 0 Å². The fourth-order valence-electron chi connectivity index (χ4n) is 1.28. The summed E-state index contributed by atoms with van der Waals surface area (Å²) in [7, 11) is 0. The highest BCUT2D eigenvalue weighted by atomic mass is 35.5. The van der Waals surface area contributed by atoms with Gasteiger partial charge in [-0.3, -0.25) is 4.99 Å². The first kappa shape index (κ1) is 11.3. The molecule has 0 saturated carbocycles. The maximum Gasteiger partial charge on any atom is 0.184 e. The molecule has 1 heterocycles. The Bertz CT molecular complexity index is 488. The molecule has 0 atom stereocenters. The third kappa shape index (κ3) is 2.90. The van der Waals surface area contributed by atoms with Crippen LogP contribution in [0.4, 0.5) is 5.69 Å². The lowest BCUT2D eigenvalue weighted by Crippen LogP contribution is -1.77. The Labute approximate surface area is 104 Å². The van der Waals surface area contributed by atoms with Crippen LogP contribution in [-0.2, 0) is 6.42 Å². The van der Waals surface area contributed by atoms with E-state index in [0.29, 0.717) is 4.47 Å². The molecule has 0 bridgehead atoms. The minimum absolute atomic E-state index is 0.544. The Morgan fingerprint density at radius 2 is 2.12 bits per heavy atom. The third-order valence-electron chi connectivity index (χ3n) is 2.18. The van der Waals surface area contributed by atoms with E-state index in [2.05, 4.69) is 29.0 Å². The van der Waals surface area contributed by atoms with E-state index in [4.69, 9.17) is 11.6 Å². The van der Waals surface area contributed by atoms with Crippen molar-refractivity contribution in [1.82, 2.24) is 4.98 Å². The molecule has 0 amide bonds. The van der Waals surface area contributed by atoms with E-state index in [1.807, 2.05) is 12.1 Å². The lowest BCUT2D eigenvalue weighted by Gasteiger charge is -1.96. The van der Waals surface area contributed by atoms with Gasteiger partial charge in [0.1, 0.15) is 0 Å². The van der Waals surface area contributed by atoms with Crippen molar-refractivity contribution in [2.45, 2.75) is 13.3 Å². The van der Waals surface area contributed by atoms with Crippen LogP contribution in [0, 0.1) is 0 Å². The molecule has 4 heteroatoms. The average molecular weight is 251 g/mol. The van der Waals surface area contributed by atoms with Crippen LogP contribution in [0.3, 0.4) is 0 Å². The zero-order valence-corrected chi connectivity index (χ0v) is 10.4. The minimum Gasteiger partial charge on any atom is -0.255 e. The minimum atomic E-state index is 0.544. The second kappa shape index (κ2) is 5.23. The molecule has 2 aromatic rings. The zero-order valence-electron chi connectivity index (χ0n) is 8.85. The lowest BCUT2D eigenvalue weighted by molar-refractivity contribution is 1.14. The molecule has 1 aromatic carbocycles. The van der Waals surface area contributed by atoms with Gasteiger partial charge in [-0.2, -0.15) is 0 Å². The second-order valence-corrected chi connectivity index (χ2v) is 4.94. The van der Waals surface area contributed by atoms with Crippen molar-refractivity contribution in [2.75, 3.05) is 0 Å². The Balaban J connectivity index is 2.11. The van der Waals surface area contributed by atoms with Crippen LogP contribution in [0.25, 0.3) is 0 Å². The summed E-state index contributed by atoms with van der Waals surface area (Å²) in [6.45, 7) is 2.14. The van der Waals surface area contributed by atoms with E-state index in [9.17, 15) is 0 Å². The molecule has 0 radical (unpaired) electrons. The normalized spacial score (nSPS) is 11.1. The first-order valence-electron chi connectivity index (χ1n) is 5.02. The molecule has 2 nitrogen and oxygen atoms in total. The molecule has 16 heavy (non-hydrogen) atoms. The van der Waals surface area contributed by atoms with Gasteiger partial charge in [-0.1, -0.05) is 30.7 Å². The van der Waals surface area contributed by atoms with Crippen LogP contribution in [0.15, 0.2) is 35.5 Å². The van der Waals surface area contributed by atoms with Gasteiger partial charge in [-0.15, -0.1) is 11.3 Å². The highest BCUT2D eigenvalue weighted by molar-refractivity contribution is 7.17. The number of benzene rings is 1. The van der Waals surface area contributed by atoms with Crippen LogP contribution in [0.2, 0.25) is 4.47 Å². The summed E-state index contributed by atoms with van der Waals surface area (Å²) in [6, 6.07) is 8.20. The smallest absolute Gasteiger partial charge is 0.184 e. The summed E-state index contributed by atoms with van der Waals surface area (Å²) >= 11 is 7.15. The fourth-order valence-corrected chi connectivity index (χ4v) is 2.11. The monoisotopic (exact) mass is 250 g/mol. The van der Waals surface area contributed by atoms with Crippen LogP contribution in [-0.4, -0.2) is 11.2 Å². The zero-order chi connectivity index (χ0) is 11.4. The molecule has 0 aliphatic carbocycles. The largest absolute Gasteiger partial charge is 0.255 e. The molecule has 0 aliphatic heterocycles. The average Bonchev–Trinajstić information content (AvgIpc) is 2.73. The highest BCUT2D eigenvalue weighted by Crippen LogP contribution is 2.18. The lowest BCUT2D eigenvalue weighted by atomic mass is 10.2. The number of aryl methyl sites for hydroxylation is 1. The first-order valence-corrected chi connectivity index (χ1v) is 6.21. The number of thiazole rings is 1. The second-order valence-electron chi connectivity index (χ2n) is 3.29. The summed E-state index contributed by atoms with van der Waals surface area (Å²) in [5.74, 6) is 0. The predicted octanol–water partition coefficient (Wildman–Crippen LogP) is 4.11. The molecular weight excluding hydrogens is 240 g/mol. The van der Waals surface area contributed by atoms with Gasteiger partial charge in [0.2, 0.25) is 0 Å². The first-order chi connectivity index (χ1) is 7.78. The number of halogens is 1. The van der Waals surface area contributed by atoms with E-state index in [1.54, 1.807) is 12.4 Å². The summed E-state index contributed by atoms with van der Waals surface area (Å²) in [4.78, 5) is 9.26. The van der Waals surface area contributed by atoms with Gasteiger partial charge in [-0.25, -0.2) is 4.98 Å². The summed E-state index contributed by atoms with van der Waals surface area (Å²) in [5, 5.41) is 0. The van der Waals surface area contributed by atoms with Gasteiger partial charge in [0, 0.05) is 12.4 Å².